The van der Waals surface area contributed by atoms with E-state index in [-0.39, 0.29) is 16.5 Å². The third kappa shape index (κ3) is 2.81. The van der Waals surface area contributed by atoms with E-state index >= 15 is 0 Å². The smallest absolute Gasteiger partial charge is 0.156 e. The van der Waals surface area contributed by atoms with E-state index in [0.29, 0.717) is 22.6 Å². The zero-order chi connectivity index (χ0) is 13.8. The lowest BCUT2D eigenvalue weighted by molar-refractivity contribution is 0.112. The molecule has 19 heavy (non-hydrogen) atoms. The molecule has 1 N–H and O–H groups in total. The Morgan fingerprint density at radius 2 is 2.11 bits per heavy atom. The van der Waals surface area contributed by atoms with Crippen LogP contribution in [0.2, 0.25) is 10.2 Å². The number of aromatic nitrogens is 2. The largest absolute Gasteiger partial charge is 0.338 e. The maximum absolute atomic E-state index is 11.0. The lowest BCUT2D eigenvalue weighted by atomic mass is 10.2. The van der Waals surface area contributed by atoms with Crippen LogP contribution in [0.15, 0.2) is 24.5 Å². The number of nitriles is 1. The molecule has 0 aliphatic carbocycles. The van der Waals surface area contributed by atoms with Crippen LogP contribution in [0, 0.1) is 11.3 Å². The van der Waals surface area contributed by atoms with Gasteiger partial charge in [-0.1, -0.05) is 23.2 Å². The number of nitrogens with zero attached hydrogens (tertiary/aromatic N) is 3. The summed E-state index contributed by atoms with van der Waals surface area (Å²) in [6.07, 6.45) is 1.77. The standard InChI is InChI=1S/C12H6Cl2N4O/c13-9-2-1-7(4-15)3-10(9)18-12-8(5-19)11(14)16-6-17-12/h1-3,5-6H,(H,16,17,18). The van der Waals surface area contributed by atoms with Crippen molar-refractivity contribution in [3.05, 3.63) is 45.8 Å². The number of anilines is 2. The number of carbonyl (C=O) groups is 1. The maximum atomic E-state index is 11.0. The van der Waals surface area contributed by atoms with E-state index in [0.717, 1.165) is 0 Å². The molecule has 94 valence electrons. The van der Waals surface area contributed by atoms with Crippen LogP contribution in [0.25, 0.3) is 0 Å². The summed E-state index contributed by atoms with van der Waals surface area (Å²) in [4.78, 5) is 18.6. The van der Waals surface area contributed by atoms with Gasteiger partial charge in [0.2, 0.25) is 0 Å². The van der Waals surface area contributed by atoms with Crippen LogP contribution < -0.4 is 5.32 Å². The highest BCUT2D eigenvalue weighted by Gasteiger charge is 2.11. The van der Waals surface area contributed by atoms with E-state index < -0.39 is 0 Å². The number of benzene rings is 1. The van der Waals surface area contributed by atoms with Crippen LogP contribution in [0.4, 0.5) is 11.5 Å². The van der Waals surface area contributed by atoms with E-state index in [9.17, 15) is 4.79 Å². The molecule has 5 nitrogen and oxygen atoms in total. The summed E-state index contributed by atoms with van der Waals surface area (Å²) in [5.41, 5.74) is 1.01. The Morgan fingerprint density at radius 1 is 1.32 bits per heavy atom. The molecular formula is C12H6Cl2N4O. The summed E-state index contributed by atoms with van der Waals surface area (Å²) in [6.45, 7) is 0. The van der Waals surface area contributed by atoms with Crippen molar-refractivity contribution < 1.29 is 4.79 Å². The molecule has 1 heterocycles. The maximum Gasteiger partial charge on any atom is 0.156 e. The van der Waals surface area contributed by atoms with Crippen molar-refractivity contribution in [1.82, 2.24) is 9.97 Å². The van der Waals surface area contributed by atoms with Crippen molar-refractivity contribution >= 4 is 41.0 Å². The summed E-state index contributed by atoms with van der Waals surface area (Å²) < 4.78 is 0. The number of hydrogen-bond acceptors (Lipinski definition) is 5. The topological polar surface area (TPSA) is 78.7 Å². The molecule has 0 spiro atoms. The molecule has 0 bridgehead atoms. The molecule has 1 aromatic heterocycles. The first kappa shape index (κ1) is 13.3. The van der Waals surface area contributed by atoms with Crippen LogP contribution in [0.3, 0.4) is 0 Å². The molecule has 0 radical (unpaired) electrons. The van der Waals surface area contributed by atoms with Gasteiger partial charge in [-0.3, -0.25) is 4.79 Å². The third-order valence-electron chi connectivity index (χ3n) is 2.30. The highest BCUT2D eigenvalue weighted by molar-refractivity contribution is 6.33. The lowest BCUT2D eigenvalue weighted by Crippen LogP contribution is -2.01. The van der Waals surface area contributed by atoms with Gasteiger partial charge in [0.15, 0.2) is 6.29 Å². The molecule has 0 saturated heterocycles. The Kier molecular flexibility index (Phi) is 3.95. The molecule has 0 amide bonds. The predicted molar refractivity (Wildman–Crippen MR) is 71.9 cm³/mol. The zero-order valence-corrected chi connectivity index (χ0v) is 10.9. The fraction of sp³-hybridized carbons (Fsp3) is 0. The summed E-state index contributed by atoms with van der Waals surface area (Å²) in [7, 11) is 0. The Hall–Kier alpha value is -2.16. The summed E-state index contributed by atoms with van der Waals surface area (Å²) >= 11 is 11.8. The fourth-order valence-electron chi connectivity index (χ4n) is 1.40. The SMILES string of the molecule is N#Cc1ccc(Cl)c(Nc2ncnc(Cl)c2C=O)c1. The summed E-state index contributed by atoms with van der Waals surface area (Å²) in [5, 5.41) is 12.1. The fourth-order valence-corrected chi connectivity index (χ4v) is 1.74. The van der Waals surface area contributed by atoms with E-state index in [2.05, 4.69) is 15.3 Å². The molecule has 2 rings (SSSR count). The summed E-state index contributed by atoms with van der Waals surface area (Å²) in [5.74, 6) is 0.229. The molecule has 0 unspecified atom stereocenters. The molecule has 0 fully saturated rings. The van der Waals surface area contributed by atoms with E-state index in [1.165, 1.54) is 6.33 Å². The number of carbonyl (C=O) groups excluding carboxylic acids is 1. The first-order valence-electron chi connectivity index (χ1n) is 5.08. The second-order valence-electron chi connectivity index (χ2n) is 3.48. The minimum atomic E-state index is 0.0417. The number of hydrogen-bond donors (Lipinski definition) is 1. The Balaban J connectivity index is 2.45. The molecule has 0 saturated carbocycles. The Labute approximate surface area is 118 Å². The normalized spacial score (nSPS) is 9.74. The summed E-state index contributed by atoms with van der Waals surface area (Å²) in [6, 6.07) is 6.70. The van der Waals surface area contributed by atoms with Crippen LogP contribution in [-0.4, -0.2) is 16.3 Å². The minimum absolute atomic E-state index is 0.0417. The number of halogens is 2. The average molecular weight is 293 g/mol. The molecular weight excluding hydrogens is 287 g/mol. The van der Waals surface area contributed by atoms with Gasteiger partial charge >= 0.3 is 0 Å². The molecule has 0 atom stereocenters. The van der Waals surface area contributed by atoms with Crippen molar-refractivity contribution in [3.8, 4) is 6.07 Å². The second kappa shape index (κ2) is 5.65. The highest BCUT2D eigenvalue weighted by atomic mass is 35.5. The second-order valence-corrected chi connectivity index (χ2v) is 4.24. The van der Waals surface area contributed by atoms with Crippen molar-refractivity contribution in [1.29, 1.82) is 5.26 Å². The van der Waals surface area contributed by atoms with Gasteiger partial charge in [-0.15, -0.1) is 0 Å². The van der Waals surface area contributed by atoms with E-state index in [4.69, 9.17) is 28.5 Å². The van der Waals surface area contributed by atoms with Gasteiger partial charge in [0.05, 0.1) is 27.9 Å². The first-order valence-corrected chi connectivity index (χ1v) is 5.83. The highest BCUT2D eigenvalue weighted by Crippen LogP contribution is 2.28. The molecule has 0 aliphatic rings. The minimum Gasteiger partial charge on any atom is -0.338 e. The van der Waals surface area contributed by atoms with Crippen molar-refractivity contribution in [2.75, 3.05) is 5.32 Å². The number of rotatable bonds is 3. The van der Waals surface area contributed by atoms with Crippen LogP contribution in [0.1, 0.15) is 15.9 Å². The first-order chi connectivity index (χ1) is 9.15. The molecule has 1 aromatic carbocycles. The van der Waals surface area contributed by atoms with Gasteiger partial charge in [0.1, 0.15) is 17.3 Å². The molecule has 2 aromatic rings. The van der Waals surface area contributed by atoms with Crippen molar-refractivity contribution in [2.24, 2.45) is 0 Å². The molecule has 7 heteroatoms. The van der Waals surface area contributed by atoms with Gasteiger partial charge in [0, 0.05) is 0 Å². The van der Waals surface area contributed by atoms with Crippen LogP contribution in [0.5, 0.6) is 0 Å². The third-order valence-corrected chi connectivity index (χ3v) is 2.93. The van der Waals surface area contributed by atoms with Crippen LogP contribution in [-0.2, 0) is 0 Å². The lowest BCUT2D eigenvalue weighted by Gasteiger charge is -2.09. The van der Waals surface area contributed by atoms with Gasteiger partial charge in [-0.05, 0) is 18.2 Å². The average Bonchev–Trinajstić information content (AvgIpc) is 2.41. The zero-order valence-electron chi connectivity index (χ0n) is 9.39. The van der Waals surface area contributed by atoms with Crippen LogP contribution >= 0.6 is 23.2 Å². The molecule has 0 aliphatic heterocycles. The Bertz CT molecular complexity index is 682. The quantitative estimate of drug-likeness (QED) is 0.694. The predicted octanol–water partition coefficient (Wildman–Crippen LogP) is 3.21. The van der Waals surface area contributed by atoms with Crippen molar-refractivity contribution in [3.63, 3.8) is 0 Å². The van der Waals surface area contributed by atoms with Crippen molar-refractivity contribution in [2.45, 2.75) is 0 Å². The Morgan fingerprint density at radius 3 is 2.79 bits per heavy atom. The van der Waals surface area contributed by atoms with E-state index in [1.54, 1.807) is 18.2 Å². The van der Waals surface area contributed by atoms with Gasteiger partial charge in [-0.25, -0.2) is 9.97 Å². The van der Waals surface area contributed by atoms with Gasteiger partial charge < -0.3 is 5.32 Å². The van der Waals surface area contributed by atoms with Gasteiger partial charge in [-0.2, -0.15) is 5.26 Å². The number of aldehydes is 1. The monoisotopic (exact) mass is 292 g/mol. The number of nitrogens with one attached hydrogen (secondary N) is 1. The van der Waals surface area contributed by atoms with E-state index in [1.807, 2.05) is 6.07 Å². The van der Waals surface area contributed by atoms with Gasteiger partial charge in [0.25, 0.3) is 0 Å².